The molecular weight excluding hydrogens is 594 g/mol. The molecule has 5 rings (SSSR count). The van der Waals surface area contributed by atoms with Crippen LogP contribution in [0.15, 0.2) is 70.2 Å². The molecule has 45 heavy (non-hydrogen) atoms. The van der Waals surface area contributed by atoms with E-state index in [0.717, 1.165) is 27.7 Å². The fourth-order valence-corrected chi connectivity index (χ4v) is 7.14. The number of aliphatic hydroxyl groups is 1. The SMILES string of the molecule is Cc1nc2ccc(S(=O)(=O)N(CC(C)C)C[C@@H](O)[C@H](Cc3ccccc3)NC(=O)COc3c(C)cc4[nH]cnc4c3C)cc2o1. The molecule has 0 radical (unpaired) electrons. The number of fused-ring (bicyclic) bond motifs is 2. The zero-order chi connectivity index (χ0) is 32.3. The second-order valence-corrected chi connectivity index (χ2v) is 13.7. The molecule has 11 nitrogen and oxygen atoms in total. The minimum absolute atomic E-state index is 0.0304. The van der Waals surface area contributed by atoms with Crippen molar-refractivity contribution in [2.45, 2.75) is 58.1 Å². The van der Waals surface area contributed by atoms with Gasteiger partial charge in [0.1, 0.15) is 11.3 Å². The molecule has 0 spiro atoms. The third kappa shape index (κ3) is 7.35. The molecule has 0 aliphatic rings. The molecule has 0 fully saturated rings. The largest absolute Gasteiger partial charge is 0.483 e. The van der Waals surface area contributed by atoms with Crippen molar-refractivity contribution in [1.29, 1.82) is 0 Å². The molecule has 0 saturated heterocycles. The van der Waals surface area contributed by atoms with Crippen molar-refractivity contribution in [1.82, 2.24) is 24.6 Å². The number of ether oxygens (including phenoxy) is 1. The highest BCUT2D eigenvalue weighted by molar-refractivity contribution is 7.89. The highest BCUT2D eigenvalue weighted by atomic mass is 32.2. The molecule has 2 heterocycles. The number of hydrogen-bond donors (Lipinski definition) is 3. The van der Waals surface area contributed by atoms with Gasteiger partial charge in [-0.3, -0.25) is 4.79 Å². The summed E-state index contributed by atoms with van der Waals surface area (Å²) in [5.41, 5.74) is 5.11. The van der Waals surface area contributed by atoms with Gasteiger partial charge in [-0.25, -0.2) is 18.4 Å². The van der Waals surface area contributed by atoms with Gasteiger partial charge in [-0.2, -0.15) is 4.31 Å². The average molecular weight is 634 g/mol. The normalized spacial score (nSPS) is 13.5. The number of amides is 1. The first-order valence-corrected chi connectivity index (χ1v) is 16.3. The fourth-order valence-electron chi connectivity index (χ4n) is 5.50. The Kier molecular flexibility index (Phi) is 9.56. The fraction of sp³-hybridized carbons (Fsp3) is 0.364. The summed E-state index contributed by atoms with van der Waals surface area (Å²) >= 11 is 0. The van der Waals surface area contributed by atoms with Gasteiger partial charge in [-0.1, -0.05) is 44.2 Å². The molecular formula is C33H39N5O6S. The first kappa shape index (κ1) is 32.1. The number of aliphatic hydroxyl groups excluding tert-OH is 1. The predicted molar refractivity (Wildman–Crippen MR) is 171 cm³/mol. The van der Waals surface area contributed by atoms with Crippen LogP contribution in [0.2, 0.25) is 0 Å². The van der Waals surface area contributed by atoms with Crippen LogP contribution in [0.5, 0.6) is 5.75 Å². The van der Waals surface area contributed by atoms with E-state index in [4.69, 9.17) is 9.15 Å². The smallest absolute Gasteiger partial charge is 0.258 e. The molecule has 3 aromatic carbocycles. The molecule has 238 valence electrons. The minimum atomic E-state index is -4.04. The van der Waals surface area contributed by atoms with Gasteiger partial charge in [0, 0.05) is 31.6 Å². The second kappa shape index (κ2) is 13.4. The standard InChI is InChI=1S/C33H39N5O6S/c1-20(2)16-38(45(41,42)25-11-12-26-30(15-25)44-23(5)36-26)17-29(39)27(14-24-9-7-6-8-10-24)37-31(40)18-43-33-21(3)13-28-32(22(33)4)35-19-34-28/h6-13,15,19-20,27,29,39H,14,16-18H2,1-5H3,(H,34,35)(H,37,40)/t27-,29+/m0/s1. The molecule has 0 aliphatic carbocycles. The second-order valence-electron chi connectivity index (χ2n) is 11.7. The molecule has 3 N–H and O–H groups in total. The van der Waals surface area contributed by atoms with E-state index in [1.807, 2.05) is 64.1 Å². The summed E-state index contributed by atoms with van der Waals surface area (Å²) in [7, 11) is -4.04. The Morgan fingerprint density at radius 2 is 1.84 bits per heavy atom. The van der Waals surface area contributed by atoms with Crippen LogP contribution in [0, 0.1) is 26.7 Å². The van der Waals surface area contributed by atoms with Gasteiger partial charge < -0.3 is 24.6 Å². The number of H-pyrrole nitrogens is 1. The topological polar surface area (TPSA) is 151 Å². The highest BCUT2D eigenvalue weighted by Gasteiger charge is 2.32. The maximum absolute atomic E-state index is 13.9. The van der Waals surface area contributed by atoms with E-state index in [9.17, 15) is 18.3 Å². The number of imidazole rings is 1. The zero-order valence-electron chi connectivity index (χ0n) is 26.1. The van der Waals surface area contributed by atoms with E-state index in [-0.39, 0.29) is 36.9 Å². The van der Waals surface area contributed by atoms with Crippen LogP contribution in [0.4, 0.5) is 0 Å². The van der Waals surface area contributed by atoms with Crippen molar-refractivity contribution < 1.29 is 27.5 Å². The summed E-state index contributed by atoms with van der Waals surface area (Å²) in [6.07, 6.45) is 0.659. The average Bonchev–Trinajstić information content (AvgIpc) is 3.61. The molecule has 2 atom stereocenters. The van der Waals surface area contributed by atoms with Gasteiger partial charge in [0.25, 0.3) is 5.91 Å². The van der Waals surface area contributed by atoms with E-state index in [1.165, 1.54) is 16.4 Å². The van der Waals surface area contributed by atoms with Gasteiger partial charge in [0.2, 0.25) is 10.0 Å². The zero-order valence-corrected chi connectivity index (χ0v) is 26.9. The summed E-state index contributed by atoms with van der Waals surface area (Å²) in [5.74, 6) is 0.528. The molecule has 0 aliphatic heterocycles. The first-order valence-electron chi connectivity index (χ1n) is 14.9. The van der Waals surface area contributed by atoms with Crippen LogP contribution in [-0.4, -0.2) is 70.5 Å². The number of rotatable bonds is 13. The number of nitrogens with one attached hydrogen (secondary N) is 2. The molecule has 5 aromatic rings. The third-order valence-corrected chi connectivity index (χ3v) is 9.43. The molecule has 0 unspecified atom stereocenters. The van der Waals surface area contributed by atoms with Crippen LogP contribution in [0.3, 0.4) is 0 Å². The van der Waals surface area contributed by atoms with Gasteiger partial charge in [-0.05, 0) is 55.5 Å². The quantitative estimate of drug-likeness (QED) is 0.172. The molecule has 0 bridgehead atoms. The lowest BCUT2D eigenvalue weighted by Gasteiger charge is -2.30. The van der Waals surface area contributed by atoms with E-state index in [0.29, 0.717) is 22.7 Å². The molecule has 2 aromatic heterocycles. The number of nitrogens with zero attached hydrogens (tertiary/aromatic N) is 3. The Hall–Kier alpha value is -4.26. The Morgan fingerprint density at radius 1 is 1.09 bits per heavy atom. The van der Waals surface area contributed by atoms with Crippen molar-refractivity contribution in [3.8, 4) is 5.75 Å². The van der Waals surface area contributed by atoms with Crippen LogP contribution in [0.25, 0.3) is 22.1 Å². The Morgan fingerprint density at radius 3 is 2.58 bits per heavy atom. The number of oxazole rings is 1. The third-order valence-electron chi connectivity index (χ3n) is 7.60. The summed E-state index contributed by atoms with van der Waals surface area (Å²) in [6.45, 7) is 8.93. The molecule has 0 saturated carbocycles. The Balaban J connectivity index is 1.36. The monoisotopic (exact) mass is 633 g/mol. The summed E-state index contributed by atoms with van der Waals surface area (Å²) in [6, 6.07) is 15.1. The lowest BCUT2D eigenvalue weighted by Crippen LogP contribution is -2.52. The van der Waals surface area contributed by atoms with Crippen LogP contribution < -0.4 is 10.1 Å². The van der Waals surface area contributed by atoms with Crippen molar-refractivity contribution in [2.75, 3.05) is 19.7 Å². The van der Waals surface area contributed by atoms with Gasteiger partial charge in [0.15, 0.2) is 18.1 Å². The number of carbonyl (C=O) groups excluding carboxylic acids is 1. The van der Waals surface area contributed by atoms with E-state index >= 15 is 0 Å². The van der Waals surface area contributed by atoms with E-state index in [2.05, 4.69) is 20.3 Å². The maximum atomic E-state index is 13.9. The number of hydrogen-bond acceptors (Lipinski definition) is 8. The van der Waals surface area contributed by atoms with Crippen molar-refractivity contribution >= 4 is 38.1 Å². The predicted octanol–water partition coefficient (Wildman–Crippen LogP) is 4.44. The summed E-state index contributed by atoms with van der Waals surface area (Å²) in [4.78, 5) is 25.0. The minimum Gasteiger partial charge on any atom is -0.483 e. The summed E-state index contributed by atoms with van der Waals surface area (Å²) < 4.78 is 40.6. The van der Waals surface area contributed by atoms with Gasteiger partial charge in [-0.15, -0.1) is 0 Å². The number of sulfonamides is 1. The number of benzene rings is 3. The van der Waals surface area contributed by atoms with E-state index in [1.54, 1.807) is 19.3 Å². The van der Waals surface area contributed by atoms with Crippen LogP contribution in [-0.2, 0) is 21.2 Å². The summed E-state index contributed by atoms with van der Waals surface area (Å²) in [5, 5.41) is 14.5. The number of carbonyl (C=O) groups is 1. The van der Waals surface area contributed by atoms with Crippen LogP contribution >= 0.6 is 0 Å². The number of aromatic nitrogens is 3. The van der Waals surface area contributed by atoms with Gasteiger partial charge >= 0.3 is 0 Å². The maximum Gasteiger partial charge on any atom is 0.258 e. The van der Waals surface area contributed by atoms with Gasteiger partial charge in [0.05, 0.1) is 34.4 Å². The van der Waals surface area contributed by atoms with Crippen molar-refractivity contribution in [2.24, 2.45) is 5.92 Å². The Labute approximate surface area is 262 Å². The lowest BCUT2D eigenvalue weighted by molar-refractivity contribution is -0.124. The number of aromatic amines is 1. The van der Waals surface area contributed by atoms with Crippen molar-refractivity contribution in [3.63, 3.8) is 0 Å². The van der Waals surface area contributed by atoms with E-state index < -0.39 is 28.1 Å². The van der Waals surface area contributed by atoms with Crippen LogP contribution in [0.1, 0.15) is 36.4 Å². The molecule has 12 heteroatoms. The number of aryl methyl sites for hydroxylation is 3. The first-order chi connectivity index (χ1) is 21.4. The highest BCUT2D eigenvalue weighted by Crippen LogP contribution is 2.29. The molecule has 1 amide bonds. The Bertz CT molecular complexity index is 1900. The lowest BCUT2D eigenvalue weighted by atomic mass is 10.0. The van der Waals surface area contributed by atoms with Crippen molar-refractivity contribution in [3.05, 3.63) is 83.5 Å².